The van der Waals surface area contributed by atoms with Crippen LogP contribution < -0.4 is 14.7 Å². The Bertz CT molecular complexity index is 1010. The molecule has 4 rings (SSSR count). The van der Waals surface area contributed by atoms with E-state index >= 15 is 0 Å². The SMILES string of the molecule is Cc1ccc(N2C(=O)C[C@H]([NH+]3CCN(c4cccc(C(F)(F)F)c4)CC3)C2=O)c(C)c1. The van der Waals surface area contributed by atoms with Crippen molar-refractivity contribution >= 4 is 23.2 Å². The summed E-state index contributed by atoms with van der Waals surface area (Å²) < 4.78 is 39.0. The van der Waals surface area contributed by atoms with Gasteiger partial charge in [-0.2, -0.15) is 13.2 Å². The molecule has 2 aliphatic rings. The number of carbonyl (C=O) groups is 2. The van der Waals surface area contributed by atoms with Crippen LogP contribution in [0.1, 0.15) is 23.1 Å². The third kappa shape index (κ3) is 4.17. The number of halogens is 3. The molecule has 0 radical (unpaired) electrons. The molecule has 0 spiro atoms. The van der Waals surface area contributed by atoms with Gasteiger partial charge in [0, 0.05) is 5.69 Å². The molecule has 0 aromatic heterocycles. The fraction of sp³-hybridized carbons (Fsp3) is 0.391. The van der Waals surface area contributed by atoms with E-state index in [1.807, 2.05) is 36.9 Å². The van der Waals surface area contributed by atoms with Gasteiger partial charge in [-0.15, -0.1) is 0 Å². The molecule has 2 amide bonds. The Kier molecular flexibility index (Phi) is 5.51. The van der Waals surface area contributed by atoms with Crippen molar-refractivity contribution in [2.24, 2.45) is 0 Å². The van der Waals surface area contributed by atoms with Gasteiger partial charge in [-0.3, -0.25) is 9.59 Å². The number of amides is 2. The van der Waals surface area contributed by atoms with Gasteiger partial charge in [-0.1, -0.05) is 23.8 Å². The van der Waals surface area contributed by atoms with Gasteiger partial charge in [0.2, 0.25) is 5.91 Å². The molecule has 1 atom stereocenters. The van der Waals surface area contributed by atoms with Crippen LogP contribution in [0.25, 0.3) is 0 Å². The molecule has 164 valence electrons. The summed E-state index contributed by atoms with van der Waals surface area (Å²) in [4.78, 5) is 30.0. The van der Waals surface area contributed by atoms with E-state index in [4.69, 9.17) is 0 Å². The maximum absolute atomic E-state index is 13.1. The molecule has 2 saturated heterocycles. The Labute approximate surface area is 179 Å². The minimum absolute atomic E-state index is 0.158. The number of hydrogen-bond donors (Lipinski definition) is 1. The van der Waals surface area contributed by atoms with E-state index in [1.165, 1.54) is 11.0 Å². The Morgan fingerprint density at radius 3 is 2.35 bits per heavy atom. The first-order valence-corrected chi connectivity index (χ1v) is 10.4. The summed E-state index contributed by atoms with van der Waals surface area (Å²) in [6, 6.07) is 10.5. The van der Waals surface area contributed by atoms with Crippen molar-refractivity contribution in [3.8, 4) is 0 Å². The first-order chi connectivity index (χ1) is 14.6. The monoisotopic (exact) mass is 432 g/mol. The molecule has 0 bridgehead atoms. The second-order valence-corrected chi connectivity index (χ2v) is 8.31. The first-order valence-electron chi connectivity index (χ1n) is 10.4. The van der Waals surface area contributed by atoms with Crippen LogP contribution in [0.3, 0.4) is 0 Å². The van der Waals surface area contributed by atoms with Crippen molar-refractivity contribution < 1.29 is 27.7 Å². The van der Waals surface area contributed by atoms with Crippen molar-refractivity contribution in [2.75, 3.05) is 36.0 Å². The second-order valence-electron chi connectivity index (χ2n) is 8.31. The summed E-state index contributed by atoms with van der Waals surface area (Å²) >= 11 is 0. The van der Waals surface area contributed by atoms with E-state index in [-0.39, 0.29) is 18.2 Å². The number of nitrogens with zero attached hydrogens (tertiary/aromatic N) is 2. The predicted octanol–water partition coefficient (Wildman–Crippen LogP) is 2.36. The maximum atomic E-state index is 13.1. The molecular formula is C23H25F3N3O2+. The lowest BCUT2D eigenvalue weighted by atomic mass is 10.1. The topological polar surface area (TPSA) is 45.1 Å². The highest BCUT2D eigenvalue weighted by molar-refractivity contribution is 6.22. The smallest absolute Gasteiger partial charge is 0.360 e. The molecule has 0 saturated carbocycles. The highest BCUT2D eigenvalue weighted by atomic mass is 19.4. The van der Waals surface area contributed by atoms with Crippen LogP contribution in [0.5, 0.6) is 0 Å². The summed E-state index contributed by atoms with van der Waals surface area (Å²) in [5, 5.41) is 0. The number of alkyl halides is 3. The van der Waals surface area contributed by atoms with Crippen LogP contribution in [0.2, 0.25) is 0 Å². The zero-order valence-corrected chi connectivity index (χ0v) is 17.5. The predicted molar refractivity (Wildman–Crippen MR) is 111 cm³/mol. The number of anilines is 2. The van der Waals surface area contributed by atoms with Crippen LogP contribution in [-0.2, 0) is 15.8 Å². The molecule has 2 aliphatic heterocycles. The first kappa shape index (κ1) is 21.4. The molecule has 5 nitrogen and oxygen atoms in total. The summed E-state index contributed by atoms with van der Waals surface area (Å²) in [7, 11) is 0. The largest absolute Gasteiger partial charge is 0.416 e. The Morgan fingerprint density at radius 2 is 1.71 bits per heavy atom. The molecule has 0 aliphatic carbocycles. The number of benzene rings is 2. The van der Waals surface area contributed by atoms with Gasteiger partial charge in [0.15, 0.2) is 6.04 Å². The van der Waals surface area contributed by atoms with E-state index in [0.717, 1.165) is 28.2 Å². The second kappa shape index (κ2) is 8.00. The van der Waals surface area contributed by atoms with Gasteiger partial charge < -0.3 is 9.80 Å². The quantitative estimate of drug-likeness (QED) is 0.758. The number of piperazine rings is 1. The highest BCUT2D eigenvalue weighted by Gasteiger charge is 2.46. The van der Waals surface area contributed by atoms with Crippen LogP contribution in [0, 0.1) is 13.8 Å². The normalized spacial score (nSPS) is 20.6. The third-order valence-corrected chi connectivity index (χ3v) is 6.18. The number of rotatable bonds is 3. The number of carbonyl (C=O) groups excluding carboxylic acids is 2. The lowest BCUT2D eigenvalue weighted by Gasteiger charge is -2.35. The zero-order chi connectivity index (χ0) is 22.3. The van der Waals surface area contributed by atoms with Crippen LogP contribution >= 0.6 is 0 Å². The Hall–Kier alpha value is -2.87. The Balaban J connectivity index is 1.45. The molecule has 1 N–H and O–H groups in total. The van der Waals surface area contributed by atoms with Gasteiger partial charge in [0.25, 0.3) is 5.91 Å². The van der Waals surface area contributed by atoms with E-state index < -0.39 is 17.8 Å². The summed E-state index contributed by atoms with van der Waals surface area (Å²) in [5.74, 6) is -0.394. The van der Waals surface area contributed by atoms with Crippen LogP contribution in [-0.4, -0.2) is 44.0 Å². The van der Waals surface area contributed by atoms with E-state index in [0.29, 0.717) is 37.6 Å². The molecule has 2 aromatic carbocycles. The molecule has 2 aromatic rings. The van der Waals surface area contributed by atoms with E-state index in [9.17, 15) is 22.8 Å². The fourth-order valence-corrected chi connectivity index (χ4v) is 4.54. The van der Waals surface area contributed by atoms with Gasteiger partial charge in [-0.25, -0.2) is 4.90 Å². The van der Waals surface area contributed by atoms with Crippen molar-refractivity contribution in [1.29, 1.82) is 0 Å². The molecule has 2 heterocycles. The molecule has 8 heteroatoms. The third-order valence-electron chi connectivity index (χ3n) is 6.18. The summed E-state index contributed by atoms with van der Waals surface area (Å²) in [6.45, 7) is 6.07. The van der Waals surface area contributed by atoms with Crippen molar-refractivity contribution in [3.05, 3.63) is 59.2 Å². The number of nitrogens with one attached hydrogen (secondary N) is 1. The zero-order valence-electron chi connectivity index (χ0n) is 17.5. The Morgan fingerprint density at radius 1 is 1.00 bits per heavy atom. The maximum Gasteiger partial charge on any atom is 0.416 e. The average Bonchev–Trinajstić information content (AvgIpc) is 3.02. The van der Waals surface area contributed by atoms with Gasteiger partial charge in [0.1, 0.15) is 0 Å². The van der Waals surface area contributed by atoms with Crippen LogP contribution in [0.4, 0.5) is 24.5 Å². The van der Waals surface area contributed by atoms with Crippen molar-refractivity contribution in [2.45, 2.75) is 32.5 Å². The molecule has 31 heavy (non-hydrogen) atoms. The van der Waals surface area contributed by atoms with Gasteiger partial charge >= 0.3 is 6.18 Å². The van der Waals surface area contributed by atoms with Crippen molar-refractivity contribution in [3.63, 3.8) is 0 Å². The van der Waals surface area contributed by atoms with Gasteiger partial charge in [-0.05, 0) is 43.7 Å². The summed E-state index contributed by atoms with van der Waals surface area (Å²) in [5.41, 5.74) is 2.44. The number of quaternary nitrogens is 1. The minimum Gasteiger partial charge on any atom is -0.360 e. The van der Waals surface area contributed by atoms with E-state index in [2.05, 4.69) is 0 Å². The van der Waals surface area contributed by atoms with Gasteiger partial charge in [0.05, 0.1) is 43.9 Å². The van der Waals surface area contributed by atoms with Crippen LogP contribution in [0.15, 0.2) is 42.5 Å². The molecular weight excluding hydrogens is 407 g/mol. The summed E-state index contributed by atoms with van der Waals surface area (Å²) in [6.07, 6.45) is -4.22. The minimum atomic E-state index is -4.38. The highest BCUT2D eigenvalue weighted by Crippen LogP contribution is 2.32. The number of hydrogen-bond acceptors (Lipinski definition) is 3. The number of imide groups is 1. The molecule has 0 unspecified atom stereocenters. The number of aryl methyl sites for hydroxylation is 2. The molecule has 2 fully saturated rings. The lowest BCUT2D eigenvalue weighted by molar-refractivity contribution is -0.915. The lowest BCUT2D eigenvalue weighted by Crippen LogP contribution is -3.19. The van der Waals surface area contributed by atoms with Crippen molar-refractivity contribution in [1.82, 2.24) is 0 Å². The average molecular weight is 432 g/mol. The standard InChI is InChI=1S/C23H24F3N3O2/c1-15-6-7-19(16(2)12-15)29-21(30)14-20(22(29)31)28-10-8-27(9-11-28)18-5-3-4-17(13-18)23(24,25)26/h3-7,12-13,20H,8-11,14H2,1-2H3/p+1/t20-/m0/s1. The fourth-order valence-electron chi connectivity index (χ4n) is 4.54. The van der Waals surface area contributed by atoms with E-state index in [1.54, 1.807) is 6.07 Å².